The fourth-order valence-corrected chi connectivity index (χ4v) is 6.80. The summed E-state index contributed by atoms with van der Waals surface area (Å²) in [6.07, 6.45) is 2.84. The van der Waals surface area contributed by atoms with E-state index in [1.165, 1.54) is 7.11 Å². The van der Waals surface area contributed by atoms with Crippen molar-refractivity contribution >= 4 is 11.9 Å². The first-order chi connectivity index (χ1) is 21.8. The molecule has 8 heteroatoms. The molecule has 2 heterocycles. The van der Waals surface area contributed by atoms with Gasteiger partial charge in [-0.2, -0.15) is 0 Å². The Morgan fingerprint density at radius 3 is 2.40 bits per heavy atom. The number of phenolic OH excluding ortho intramolecular Hbond substituents is 1. The minimum absolute atomic E-state index is 0.0401. The second kappa shape index (κ2) is 14.9. The monoisotopic (exact) mass is 610 g/mol. The van der Waals surface area contributed by atoms with Crippen LogP contribution in [0.2, 0.25) is 0 Å². The van der Waals surface area contributed by atoms with Crippen LogP contribution in [-0.4, -0.2) is 102 Å². The van der Waals surface area contributed by atoms with Crippen molar-refractivity contribution < 1.29 is 19.4 Å². The summed E-state index contributed by atoms with van der Waals surface area (Å²) in [4.78, 5) is 35.2. The zero-order chi connectivity index (χ0) is 31.9. The van der Waals surface area contributed by atoms with E-state index in [1.807, 2.05) is 59.5 Å². The first-order valence-corrected chi connectivity index (χ1v) is 16.0. The van der Waals surface area contributed by atoms with Gasteiger partial charge in [-0.25, -0.2) is 4.79 Å². The average Bonchev–Trinajstić information content (AvgIpc) is 3.28. The van der Waals surface area contributed by atoms with Crippen molar-refractivity contribution in [1.29, 1.82) is 0 Å². The van der Waals surface area contributed by atoms with E-state index in [-0.39, 0.29) is 29.7 Å². The summed E-state index contributed by atoms with van der Waals surface area (Å²) >= 11 is 0. The molecule has 45 heavy (non-hydrogen) atoms. The molecular weight excluding hydrogens is 564 g/mol. The van der Waals surface area contributed by atoms with E-state index in [9.17, 15) is 14.7 Å². The number of hydrogen-bond donors (Lipinski definition) is 1. The minimum Gasteiger partial charge on any atom is -0.508 e. The van der Waals surface area contributed by atoms with E-state index in [4.69, 9.17) is 4.74 Å². The molecule has 3 atom stereocenters. The van der Waals surface area contributed by atoms with Crippen molar-refractivity contribution in [2.45, 2.75) is 44.9 Å². The van der Waals surface area contributed by atoms with Gasteiger partial charge >= 0.3 is 5.97 Å². The molecule has 8 nitrogen and oxygen atoms in total. The van der Waals surface area contributed by atoms with E-state index in [2.05, 4.69) is 47.3 Å². The van der Waals surface area contributed by atoms with E-state index < -0.39 is 0 Å². The highest BCUT2D eigenvalue weighted by molar-refractivity contribution is 5.94. The fourth-order valence-electron chi connectivity index (χ4n) is 6.80. The van der Waals surface area contributed by atoms with Gasteiger partial charge in [0.25, 0.3) is 5.91 Å². The second-order valence-corrected chi connectivity index (χ2v) is 12.4. The molecule has 0 aromatic heterocycles. The van der Waals surface area contributed by atoms with Gasteiger partial charge in [-0.05, 0) is 73.4 Å². The molecule has 0 aliphatic carbocycles. The number of aromatic hydroxyl groups is 1. The van der Waals surface area contributed by atoms with Crippen molar-refractivity contribution in [2.24, 2.45) is 0 Å². The van der Waals surface area contributed by atoms with Gasteiger partial charge in [-0.15, -0.1) is 6.58 Å². The Kier molecular flexibility index (Phi) is 10.7. The quantitative estimate of drug-likeness (QED) is 0.264. The highest BCUT2D eigenvalue weighted by Crippen LogP contribution is 2.35. The second-order valence-electron chi connectivity index (χ2n) is 12.4. The number of hydrogen-bond acceptors (Lipinski definition) is 7. The molecule has 2 aliphatic rings. The van der Waals surface area contributed by atoms with Crippen LogP contribution >= 0.6 is 0 Å². The molecule has 0 bridgehead atoms. The first-order valence-electron chi connectivity index (χ1n) is 16.0. The van der Waals surface area contributed by atoms with E-state index in [0.717, 1.165) is 55.8 Å². The fraction of sp³-hybridized carbons (Fsp3) is 0.405. The largest absolute Gasteiger partial charge is 0.508 e. The van der Waals surface area contributed by atoms with Crippen molar-refractivity contribution in [3.05, 3.63) is 113 Å². The molecule has 1 unspecified atom stereocenters. The summed E-state index contributed by atoms with van der Waals surface area (Å²) < 4.78 is 4.88. The molecule has 1 amide bonds. The van der Waals surface area contributed by atoms with Gasteiger partial charge in [-0.3, -0.25) is 19.5 Å². The predicted octanol–water partition coefficient (Wildman–Crippen LogP) is 5.20. The SMILES string of the molecule is C=CCN1C[C@H](C)N(C(c2cccc(O)c2)c2cccc(C(=O)N3CCCN(Cc4cccc(C(=O)OC)c4)CC3)c2)C[C@H]1C. The number of rotatable bonds is 9. The maximum absolute atomic E-state index is 13.9. The highest BCUT2D eigenvalue weighted by Gasteiger charge is 2.35. The van der Waals surface area contributed by atoms with Crippen LogP contribution < -0.4 is 0 Å². The van der Waals surface area contributed by atoms with Crippen LogP contribution in [0.4, 0.5) is 0 Å². The summed E-state index contributed by atoms with van der Waals surface area (Å²) in [5, 5.41) is 10.4. The van der Waals surface area contributed by atoms with Crippen LogP contribution in [0.25, 0.3) is 0 Å². The number of carbonyl (C=O) groups excluding carboxylic acids is 2. The molecule has 2 fully saturated rings. The third-order valence-corrected chi connectivity index (χ3v) is 9.12. The predicted molar refractivity (Wildman–Crippen MR) is 177 cm³/mol. The molecule has 0 saturated carbocycles. The highest BCUT2D eigenvalue weighted by atomic mass is 16.5. The van der Waals surface area contributed by atoms with Crippen molar-refractivity contribution in [3.63, 3.8) is 0 Å². The van der Waals surface area contributed by atoms with Gasteiger partial charge in [0, 0.05) is 70.0 Å². The summed E-state index contributed by atoms with van der Waals surface area (Å²) in [6, 6.07) is 23.6. The summed E-state index contributed by atoms with van der Waals surface area (Å²) in [5.41, 5.74) is 4.34. The lowest BCUT2D eigenvalue weighted by Gasteiger charge is -2.47. The Morgan fingerprint density at radius 1 is 0.911 bits per heavy atom. The number of benzene rings is 3. The van der Waals surface area contributed by atoms with Crippen LogP contribution in [0.5, 0.6) is 5.75 Å². The average molecular weight is 611 g/mol. The molecule has 238 valence electrons. The van der Waals surface area contributed by atoms with Crippen molar-refractivity contribution in [2.75, 3.05) is 52.9 Å². The van der Waals surface area contributed by atoms with Crippen LogP contribution in [-0.2, 0) is 11.3 Å². The van der Waals surface area contributed by atoms with Crippen molar-refractivity contribution in [1.82, 2.24) is 19.6 Å². The number of phenols is 1. The molecule has 5 rings (SSSR count). The van der Waals surface area contributed by atoms with Crippen LogP contribution in [0, 0.1) is 0 Å². The van der Waals surface area contributed by atoms with Gasteiger partial charge in [0.1, 0.15) is 5.75 Å². The zero-order valence-corrected chi connectivity index (χ0v) is 26.8. The molecule has 1 N–H and O–H groups in total. The number of methoxy groups -OCH3 is 1. The topological polar surface area (TPSA) is 76.6 Å². The van der Waals surface area contributed by atoms with Gasteiger partial charge in [0.2, 0.25) is 0 Å². The maximum atomic E-state index is 13.9. The van der Waals surface area contributed by atoms with E-state index >= 15 is 0 Å². The Hall–Kier alpha value is -3.98. The van der Waals surface area contributed by atoms with Crippen LogP contribution in [0.3, 0.4) is 0 Å². The van der Waals surface area contributed by atoms with Crippen LogP contribution in [0.1, 0.15) is 63.7 Å². The Morgan fingerprint density at radius 2 is 1.64 bits per heavy atom. The summed E-state index contributed by atoms with van der Waals surface area (Å²) in [7, 11) is 1.39. The van der Waals surface area contributed by atoms with Gasteiger partial charge < -0.3 is 14.7 Å². The third kappa shape index (κ3) is 7.82. The smallest absolute Gasteiger partial charge is 0.337 e. The lowest BCUT2D eigenvalue weighted by Crippen LogP contribution is -2.57. The number of piperazine rings is 1. The molecule has 2 aliphatic heterocycles. The molecular formula is C37H46N4O4. The molecule has 2 saturated heterocycles. The van der Waals surface area contributed by atoms with E-state index in [0.29, 0.717) is 36.8 Å². The van der Waals surface area contributed by atoms with Gasteiger partial charge in [-0.1, -0.05) is 42.5 Å². The number of carbonyl (C=O) groups is 2. The van der Waals surface area contributed by atoms with Gasteiger partial charge in [0.15, 0.2) is 0 Å². The normalized spacial score (nSPS) is 20.7. The Labute approximate surface area is 267 Å². The minimum atomic E-state index is -0.336. The number of ether oxygens (including phenoxy) is 1. The maximum Gasteiger partial charge on any atom is 0.337 e. The van der Waals surface area contributed by atoms with Crippen molar-refractivity contribution in [3.8, 4) is 5.75 Å². The Balaban J connectivity index is 1.33. The standard InChI is InChI=1S/C37H46N4O4/c1-5-16-40-24-28(3)41(25-27(40)2)35(31-12-8-15-34(42)23-31)30-11-7-13-32(22-30)36(43)39-18-9-17-38(19-20-39)26-29-10-6-14-33(21-29)37(44)45-4/h5-8,10-15,21-23,27-28,35,42H,1,9,16-20,24-26H2,2-4H3/t27-,28+,35?/m1/s1. The number of esters is 1. The molecule has 0 radical (unpaired) electrons. The van der Waals surface area contributed by atoms with Gasteiger partial charge in [0.05, 0.1) is 18.7 Å². The van der Waals surface area contributed by atoms with Crippen LogP contribution in [0.15, 0.2) is 85.5 Å². The molecule has 0 spiro atoms. The zero-order valence-electron chi connectivity index (χ0n) is 26.8. The van der Waals surface area contributed by atoms with E-state index in [1.54, 1.807) is 12.1 Å². The first kappa shape index (κ1) is 32.4. The number of nitrogens with zero attached hydrogens (tertiary/aromatic N) is 4. The lowest BCUT2D eigenvalue weighted by atomic mass is 9.92. The third-order valence-electron chi connectivity index (χ3n) is 9.12. The summed E-state index contributed by atoms with van der Waals surface area (Å²) in [5.74, 6) is -0.0583. The summed E-state index contributed by atoms with van der Waals surface area (Å²) in [6.45, 7) is 14.7. The lowest BCUT2D eigenvalue weighted by molar-refractivity contribution is 0.0306. The Bertz CT molecular complexity index is 1490. The molecule has 3 aromatic carbocycles. The number of amides is 1. The molecule has 3 aromatic rings.